The predicted octanol–water partition coefficient (Wildman–Crippen LogP) is 6.66. The van der Waals surface area contributed by atoms with E-state index in [0.717, 1.165) is 35.4 Å². The van der Waals surface area contributed by atoms with E-state index in [0.29, 0.717) is 12.5 Å². The van der Waals surface area contributed by atoms with Crippen molar-refractivity contribution in [2.45, 2.75) is 44.9 Å². The average molecular weight is 412 g/mol. The molecule has 158 valence electrons. The Hall–Kier alpha value is -3.07. The minimum absolute atomic E-state index is 0.0511. The standard InChI is InChI=1S/C28H29NO2/c30-28(29-26-12-7-13-27-25(26)16-17-31-27)22-14-15-24(21-10-5-2-6-11-21)23(19-22)18-20-8-3-1-4-9-20/h2,5-7,10-15,19-20H,1,3-4,8-9,16-18H2,(H,29,30). The van der Waals surface area contributed by atoms with E-state index in [4.69, 9.17) is 4.74 Å². The molecule has 1 heterocycles. The van der Waals surface area contributed by atoms with E-state index in [1.54, 1.807) is 0 Å². The second-order valence-corrected chi connectivity index (χ2v) is 8.78. The third-order valence-electron chi connectivity index (χ3n) is 6.68. The molecule has 0 spiro atoms. The first kappa shape index (κ1) is 19.9. The van der Waals surface area contributed by atoms with Gasteiger partial charge in [-0.25, -0.2) is 0 Å². The maximum absolute atomic E-state index is 13.2. The van der Waals surface area contributed by atoms with Crippen LogP contribution in [0.25, 0.3) is 11.1 Å². The Kier molecular flexibility index (Phi) is 5.75. The molecule has 0 saturated heterocycles. The zero-order valence-corrected chi connectivity index (χ0v) is 17.9. The fourth-order valence-corrected chi connectivity index (χ4v) is 5.04. The van der Waals surface area contributed by atoms with Gasteiger partial charge in [-0.3, -0.25) is 4.79 Å². The number of anilines is 1. The topological polar surface area (TPSA) is 38.3 Å². The van der Waals surface area contributed by atoms with E-state index in [1.165, 1.54) is 48.8 Å². The van der Waals surface area contributed by atoms with Gasteiger partial charge < -0.3 is 10.1 Å². The van der Waals surface area contributed by atoms with Crippen molar-refractivity contribution in [1.29, 1.82) is 0 Å². The lowest BCUT2D eigenvalue weighted by atomic mass is 9.82. The van der Waals surface area contributed by atoms with Crippen LogP contribution in [0.1, 0.15) is 53.6 Å². The second-order valence-electron chi connectivity index (χ2n) is 8.78. The lowest BCUT2D eigenvalue weighted by Gasteiger charge is -2.23. The molecule has 31 heavy (non-hydrogen) atoms. The van der Waals surface area contributed by atoms with Crippen LogP contribution in [0.5, 0.6) is 5.75 Å². The molecule has 0 aromatic heterocycles. The van der Waals surface area contributed by atoms with E-state index < -0.39 is 0 Å². The fraction of sp³-hybridized carbons (Fsp3) is 0.321. The zero-order valence-electron chi connectivity index (χ0n) is 17.9. The number of carbonyl (C=O) groups excluding carboxylic acids is 1. The van der Waals surface area contributed by atoms with Crippen LogP contribution in [0.15, 0.2) is 66.7 Å². The first-order chi connectivity index (χ1) is 15.3. The summed E-state index contributed by atoms with van der Waals surface area (Å²) in [5.41, 5.74) is 6.43. The highest BCUT2D eigenvalue weighted by molar-refractivity contribution is 6.05. The van der Waals surface area contributed by atoms with Crippen LogP contribution in [0, 0.1) is 5.92 Å². The summed E-state index contributed by atoms with van der Waals surface area (Å²) in [6, 6.07) is 22.6. The van der Waals surface area contributed by atoms with Crippen molar-refractivity contribution in [3.05, 3.63) is 83.4 Å². The van der Waals surface area contributed by atoms with Gasteiger partial charge in [0.05, 0.1) is 6.61 Å². The number of fused-ring (bicyclic) bond motifs is 1. The molecule has 3 heteroatoms. The number of carbonyl (C=O) groups is 1. The van der Waals surface area contributed by atoms with Gasteiger partial charge in [0.1, 0.15) is 5.75 Å². The van der Waals surface area contributed by atoms with Crippen molar-refractivity contribution in [3.63, 3.8) is 0 Å². The number of nitrogens with one attached hydrogen (secondary N) is 1. The third-order valence-corrected chi connectivity index (χ3v) is 6.68. The number of ether oxygens (including phenoxy) is 1. The molecular formula is C28H29NO2. The lowest BCUT2D eigenvalue weighted by molar-refractivity contribution is 0.102. The summed E-state index contributed by atoms with van der Waals surface area (Å²) in [5.74, 6) is 1.55. The molecule has 1 fully saturated rings. The molecule has 3 nitrogen and oxygen atoms in total. The Morgan fingerprint density at radius 2 is 1.77 bits per heavy atom. The van der Waals surface area contributed by atoms with Crippen LogP contribution < -0.4 is 10.1 Å². The number of amides is 1. The van der Waals surface area contributed by atoms with Crippen molar-refractivity contribution < 1.29 is 9.53 Å². The van der Waals surface area contributed by atoms with Crippen LogP contribution in [0.4, 0.5) is 5.69 Å². The van der Waals surface area contributed by atoms with Gasteiger partial charge in [0, 0.05) is 23.2 Å². The maximum Gasteiger partial charge on any atom is 0.255 e. The van der Waals surface area contributed by atoms with Gasteiger partial charge in [-0.15, -0.1) is 0 Å². The molecule has 1 amide bonds. The van der Waals surface area contributed by atoms with Gasteiger partial charge in [0.15, 0.2) is 0 Å². The Bertz CT molecular complexity index is 1070. The van der Waals surface area contributed by atoms with Crippen LogP contribution in [-0.4, -0.2) is 12.5 Å². The van der Waals surface area contributed by atoms with Gasteiger partial charge in [-0.2, -0.15) is 0 Å². The Labute approximate surface area is 184 Å². The summed E-state index contributed by atoms with van der Waals surface area (Å²) in [5, 5.41) is 3.13. The van der Waals surface area contributed by atoms with E-state index in [9.17, 15) is 4.79 Å². The molecule has 3 aromatic rings. The fourth-order valence-electron chi connectivity index (χ4n) is 5.04. The number of rotatable bonds is 5. The number of benzene rings is 3. The van der Waals surface area contributed by atoms with Crippen molar-refractivity contribution in [2.24, 2.45) is 5.92 Å². The Morgan fingerprint density at radius 1 is 0.935 bits per heavy atom. The van der Waals surface area contributed by atoms with Gasteiger partial charge in [-0.1, -0.05) is 74.6 Å². The molecular weight excluding hydrogens is 382 g/mol. The molecule has 1 aliphatic heterocycles. The molecule has 0 radical (unpaired) electrons. The SMILES string of the molecule is O=C(Nc1cccc2c1CCO2)c1ccc(-c2ccccc2)c(CC2CCCCC2)c1. The Balaban J connectivity index is 1.44. The molecule has 0 unspecified atom stereocenters. The van der Waals surface area contributed by atoms with Crippen molar-refractivity contribution in [2.75, 3.05) is 11.9 Å². The molecule has 1 N–H and O–H groups in total. The van der Waals surface area contributed by atoms with Crippen molar-refractivity contribution >= 4 is 11.6 Å². The quantitative estimate of drug-likeness (QED) is 0.509. The molecule has 1 saturated carbocycles. The van der Waals surface area contributed by atoms with E-state index in [-0.39, 0.29) is 5.91 Å². The molecule has 5 rings (SSSR count). The van der Waals surface area contributed by atoms with E-state index in [1.807, 2.05) is 30.3 Å². The third kappa shape index (κ3) is 4.36. The minimum Gasteiger partial charge on any atom is -0.493 e. The Morgan fingerprint density at radius 3 is 2.61 bits per heavy atom. The van der Waals surface area contributed by atoms with Gasteiger partial charge in [0.25, 0.3) is 5.91 Å². The summed E-state index contributed by atoms with van der Waals surface area (Å²) in [4.78, 5) is 13.2. The summed E-state index contributed by atoms with van der Waals surface area (Å²) in [6.45, 7) is 0.680. The molecule has 2 aliphatic rings. The average Bonchev–Trinajstić information content (AvgIpc) is 3.30. The largest absolute Gasteiger partial charge is 0.493 e. The second kappa shape index (κ2) is 8.97. The monoisotopic (exact) mass is 411 g/mol. The van der Waals surface area contributed by atoms with Crippen molar-refractivity contribution in [1.82, 2.24) is 0 Å². The minimum atomic E-state index is -0.0511. The highest BCUT2D eigenvalue weighted by Gasteiger charge is 2.20. The summed E-state index contributed by atoms with van der Waals surface area (Å²) in [6.07, 6.45) is 8.47. The summed E-state index contributed by atoms with van der Waals surface area (Å²) >= 11 is 0. The molecule has 1 aliphatic carbocycles. The zero-order chi connectivity index (χ0) is 21.0. The van der Waals surface area contributed by atoms with Crippen LogP contribution in [0.2, 0.25) is 0 Å². The lowest BCUT2D eigenvalue weighted by Crippen LogP contribution is -2.15. The predicted molar refractivity (Wildman–Crippen MR) is 126 cm³/mol. The molecule has 3 aromatic carbocycles. The van der Waals surface area contributed by atoms with Gasteiger partial charge in [-0.05, 0) is 53.3 Å². The van der Waals surface area contributed by atoms with E-state index >= 15 is 0 Å². The molecule has 0 atom stereocenters. The van der Waals surface area contributed by atoms with Crippen LogP contribution in [0.3, 0.4) is 0 Å². The maximum atomic E-state index is 13.2. The van der Waals surface area contributed by atoms with E-state index in [2.05, 4.69) is 41.7 Å². The molecule has 0 bridgehead atoms. The normalized spacial score (nSPS) is 15.9. The highest BCUT2D eigenvalue weighted by atomic mass is 16.5. The van der Waals surface area contributed by atoms with Gasteiger partial charge in [0.2, 0.25) is 0 Å². The number of hydrogen-bond acceptors (Lipinski definition) is 2. The first-order valence-corrected chi connectivity index (χ1v) is 11.5. The first-order valence-electron chi connectivity index (χ1n) is 11.5. The van der Waals surface area contributed by atoms with Crippen LogP contribution >= 0.6 is 0 Å². The van der Waals surface area contributed by atoms with Crippen molar-refractivity contribution in [3.8, 4) is 16.9 Å². The van der Waals surface area contributed by atoms with Crippen LogP contribution in [-0.2, 0) is 12.8 Å². The smallest absolute Gasteiger partial charge is 0.255 e. The summed E-state index contributed by atoms with van der Waals surface area (Å²) in [7, 11) is 0. The number of hydrogen-bond donors (Lipinski definition) is 1. The highest BCUT2D eigenvalue weighted by Crippen LogP contribution is 2.34. The summed E-state index contributed by atoms with van der Waals surface area (Å²) < 4.78 is 5.64. The van der Waals surface area contributed by atoms with Gasteiger partial charge >= 0.3 is 0 Å².